The second kappa shape index (κ2) is 8.02. The molecule has 0 bridgehead atoms. The molecule has 2 heterocycles. The predicted molar refractivity (Wildman–Crippen MR) is 98.2 cm³/mol. The van der Waals surface area contributed by atoms with Crippen LogP contribution in [-0.2, 0) is 0 Å². The van der Waals surface area contributed by atoms with Crippen molar-refractivity contribution < 1.29 is 28.6 Å². The molecule has 0 unspecified atom stereocenters. The van der Waals surface area contributed by atoms with E-state index in [0.717, 1.165) is 31.9 Å². The van der Waals surface area contributed by atoms with Gasteiger partial charge in [-0.3, -0.25) is 0 Å². The number of quaternary nitrogens is 1. The number of ether oxygens (including phenoxy) is 3. The minimum Gasteiger partial charge on any atom is -0.491 e. The van der Waals surface area contributed by atoms with Crippen molar-refractivity contribution in [2.45, 2.75) is 6.10 Å². The first kappa shape index (κ1) is 17.9. The molecule has 1 atom stereocenters. The lowest BCUT2D eigenvalue weighted by molar-refractivity contribution is -0.903. The molecular formula is C20H24FN2O4+. The molecule has 0 spiro atoms. The summed E-state index contributed by atoms with van der Waals surface area (Å²) in [4.78, 5) is 3.59. The first-order chi connectivity index (χ1) is 13.2. The lowest BCUT2D eigenvalue weighted by atomic mass is 10.2. The van der Waals surface area contributed by atoms with Crippen molar-refractivity contribution in [3.63, 3.8) is 0 Å². The molecular weight excluding hydrogens is 351 g/mol. The molecule has 2 aliphatic rings. The Kier molecular flexibility index (Phi) is 5.31. The van der Waals surface area contributed by atoms with Crippen LogP contribution in [0.2, 0.25) is 0 Å². The largest absolute Gasteiger partial charge is 0.491 e. The third-order valence-electron chi connectivity index (χ3n) is 4.97. The molecule has 2 aromatic carbocycles. The van der Waals surface area contributed by atoms with Gasteiger partial charge < -0.3 is 29.1 Å². The maximum atomic E-state index is 13.0. The second-order valence-electron chi connectivity index (χ2n) is 6.90. The minimum atomic E-state index is -0.539. The highest BCUT2D eigenvalue weighted by Gasteiger charge is 2.23. The van der Waals surface area contributed by atoms with E-state index in [4.69, 9.17) is 14.2 Å². The van der Waals surface area contributed by atoms with E-state index >= 15 is 0 Å². The molecule has 1 fully saturated rings. The Hall–Kier alpha value is -2.51. The predicted octanol–water partition coefficient (Wildman–Crippen LogP) is 0.699. The fraction of sp³-hybridized carbons (Fsp3) is 0.400. The van der Waals surface area contributed by atoms with Crippen LogP contribution in [0.3, 0.4) is 0 Å². The summed E-state index contributed by atoms with van der Waals surface area (Å²) in [7, 11) is 0. The summed E-state index contributed by atoms with van der Waals surface area (Å²) in [6.45, 7) is 4.74. The van der Waals surface area contributed by atoms with Gasteiger partial charge in [0.05, 0.1) is 26.2 Å². The number of aliphatic hydroxyl groups excluding tert-OH is 1. The molecule has 0 radical (unpaired) electrons. The summed E-state index contributed by atoms with van der Waals surface area (Å²) >= 11 is 0. The highest BCUT2D eigenvalue weighted by Crippen LogP contribution is 2.35. The molecule has 2 aromatic rings. The molecule has 27 heavy (non-hydrogen) atoms. The number of hydrogen-bond acceptors (Lipinski definition) is 5. The standard InChI is InChI=1S/C20H23FN2O4/c21-15-1-3-16(4-2-15)23-9-7-22(8-10-23)12-17(24)13-25-18-5-6-19-20(11-18)27-14-26-19/h1-6,11,17,24H,7-10,12-14H2/p+1/t17-/m1/s1. The first-order valence-electron chi connectivity index (χ1n) is 9.22. The van der Waals surface area contributed by atoms with Crippen LogP contribution < -0.4 is 24.0 Å². The molecule has 144 valence electrons. The monoisotopic (exact) mass is 375 g/mol. The number of rotatable bonds is 6. The highest BCUT2D eigenvalue weighted by molar-refractivity contribution is 5.47. The van der Waals surface area contributed by atoms with Crippen molar-refractivity contribution >= 4 is 5.69 Å². The molecule has 0 aliphatic carbocycles. The van der Waals surface area contributed by atoms with Crippen molar-refractivity contribution in [2.75, 3.05) is 51.0 Å². The molecule has 2 aliphatic heterocycles. The van der Waals surface area contributed by atoms with Crippen molar-refractivity contribution in [1.82, 2.24) is 0 Å². The zero-order chi connectivity index (χ0) is 18.6. The Labute approximate surface area is 157 Å². The van der Waals surface area contributed by atoms with Gasteiger partial charge in [-0.1, -0.05) is 0 Å². The quantitative estimate of drug-likeness (QED) is 0.779. The number of anilines is 1. The van der Waals surface area contributed by atoms with Gasteiger partial charge in [0.1, 0.15) is 30.8 Å². The fourth-order valence-electron chi connectivity index (χ4n) is 3.49. The number of piperazine rings is 1. The highest BCUT2D eigenvalue weighted by atomic mass is 19.1. The van der Waals surface area contributed by atoms with Crippen LogP contribution in [0.25, 0.3) is 0 Å². The van der Waals surface area contributed by atoms with E-state index in [1.54, 1.807) is 6.07 Å². The number of halogens is 1. The Morgan fingerprint density at radius 1 is 1.07 bits per heavy atom. The van der Waals surface area contributed by atoms with E-state index in [9.17, 15) is 9.50 Å². The van der Waals surface area contributed by atoms with Crippen LogP contribution in [0.15, 0.2) is 42.5 Å². The summed E-state index contributed by atoms with van der Waals surface area (Å²) in [6, 6.07) is 12.0. The van der Waals surface area contributed by atoms with Crippen molar-refractivity contribution in [1.29, 1.82) is 0 Å². The molecule has 0 aromatic heterocycles. The van der Waals surface area contributed by atoms with Crippen LogP contribution in [0, 0.1) is 5.82 Å². The lowest BCUT2D eigenvalue weighted by Crippen LogP contribution is -3.16. The Morgan fingerprint density at radius 2 is 1.81 bits per heavy atom. The van der Waals surface area contributed by atoms with Crippen LogP contribution in [0.4, 0.5) is 10.1 Å². The average molecular weight is 375 g/mol. The lowest BCUT2D eigenvalue weighted by Gasteiger charge is -2.34. The smallest absolute Gasteiger partial charge is 0.231 e. The minimum absolute atomic E-state index is 0.214. The van der Waals surface area contributed by atoms with Crippen LogP contribution in [-0.4, -0.2) is 57.3 Å². The van der Waals surface area contributed by atoms with E-state index in [0.29, 0.717) is 23.8 Å². The van der Waals surface area contributed by atoms with Gasteiger partial charge in [-0.25, -0.2) is 4.39 Å². The summed E-state index contributed by atoms with van der Waals surface area (Å²) in [6.07, 6.45) is -0.539. The van der Waals surface area contributed by atoms with Gasteiger partial charge in [0.2, 0.25) is 6.79 Å². The second-order valence-corrected chi connectivity index (χ2v) is 6.90. The SMILES string of the molecule is O[C@@H](COc1ccc2c(c1)OCO2)C[NH+]1CCN(c2ccc(F)cc2)CC1. The molecule has 7 heteroatoms. The average Bonchev–Trinajstić information content (AvgIpc) is 3.15. The topological polar surface area (TPSA) is 55.6 Å². The molecule has 0 saturated carbocycles. The van der Waals surface area contributed by atoms with Crippen LogP contribution in [0.1, 0.15) is 0 Å². The van der Waals surface area contributed by atoms with Gasteiger partial charge in [-0.15, -0.1) is 0 Å². The summed E-state index contributed by atoms with van der Waals surface area (Å²) in [5, 5.41) is 10.3. The van der Waals surface area contributed by atoms with Gasteiger partial charge in [-0.05, 0) is 36.4 Å². The van der Waals surface area contributed by atoms with E-state index in [1.807, 2.05) is 24.3 Å². The summed E-state index contributed by atoms with van der Waals surface area (Å²) in [5.74, 6) is 1.83. The summed E-state index contributed by atoms with van der Waals surface area (Å²) < 4.78 is 29.3. The third kappa shape index (κ3) is 4.43. The van der Waals surface area contributed by atoms with Gasteiger partial charge >= 0.3 is 0 Å². The van der Waals surface area contributed by atoms with E-state index < -0.39 is 6.10 Å². The van der Waals surface area contributed by atoms with Gasteiger partial charge in [-0.2, -0.15) is 0 Å². The maximum absolute atomic E-state index is 13.0. The summed E-state index contributed by atoms with van der Waals surface area (Å²) in [5.41, 5.74) is 1.04. The Bertz CT molecular complexity index is 763. The molecule has 0 amide bonds. The fourth-order valence-corrected chi connectivity index (χ4v) is 3.49. The van der Waals surface area contributed by atoms with E-state index in [1.165, 1.54) is 17.0 Å². The zero-order valence-corrected chi connectivity index (χ0v) is 15.1. The molecule has 1 saturated heterocycles. The number of nitrogens with zero attached hydrogens (tertiary/aromatic N) is 1. The number of benzene rings is 2. The van der Waals surface area contributed by atoms with Crippen molar-refractivity contribution in [3.05, 3.63) is 48.3 Å². The maximum Gasteiger partial charge on any atom is 0.231 e. The van der Waals surface area contributed by atoms with Crippen molar-refractivity contribution in [2.24, 2.45) is 0 Å². The van der Waals surface area contributed by atoms with Gasteiger partial charge in [0.15, 0.2) is 11.5 Å². The normalized spacial score (nSPS) is 17.8. The Morgan fingerprint density at radius 3 is 2.59 bits per heavy atom. The van der Waals surface area contributed by atoms with Gasteiger partial charge in [0.25, 0.3) is 0 Å². The van der Waals surface area contributed by atoms with E-state index in [2.05, 4.69) is 4.90 Å². The number of fused-ring (bicyclic) bond motifs is 1. The third-order valence-corrected chi connectivity index (χ3v) is 4.97. The molecule has 6 nitrogen and oxygen atoms in total. The Balaban J connectivity index is 1.21. The number of aliphatic hydroxyl groups is 1. The zero-order valence-electron chi connectivity index (χ0n) is 15.1. The van der Waals surface area contributed by atoms with Gasteiger partial charge in [0, 0.05) is 11.8 Å². The van der Waals surface area contributed by atoms with E-state index in [-0.39, 0.29) is 19.2 Å². The van der Waals surface area contributed by atoms with Crippen molar-refractivity contribution in [3.8, 4) is 17.2 Å². The van der Waals surface area contributed by atoms with Crippen LogP contribution in [0.5, 0.6) is 17.2 Å². The van der Waals surface area contributed by atoms with Crippen LogP contribution >= 0.6 is 0 Å². The number of hydrogen-bond donors (Lipinski definition) is 2. The molecule has 4 rings (SSSR count). The molecule has 2 N–H and O–H groups in total. The first-order valence-corrected chi connectivity index (χ1v) is 9.22. The number of nitrogens with one attached hydrogen (secondary N) is 1.